The first-order valence-corrected chi connectivity index (χ1v) is 7.18. The molecule has 2 nitrogen and oxygen atoms in total. The largest absolute Gasteiger partial charge is 0.355 e. The molecule has 0 fully saturated rings. The molecule has 1 aliphatic rings. The highest BCUT2D eigenvalue weighted by atomic mass is 28.2. The molecule has 1 unspecified atom stereocenters. The highest BCUT2D eigenvalue weighted by Crippen LogP contribution is 2.35. The van der Waals surface area contributed by atoms with Crippen molar-refractivity contribution in [3.05, 3.63) is 66.0 Å². The topological polar surface area (TPSA) is 30.9 Å². The van der Waals surface area contributed by atoms with E-state index < -0.39 is 9.68 Å². The van der Waals surface area contributed by atoms with Crippen molar-refractivity contribution in [3.63, 3.8) is 0 Å². The zero-order chi connectivity index (χ0) is 11.0. The lowest BCUT2D eigenvalue weighted by molar-refractivity contribution is 1.12. The summed E-state index contributed by atoms with van der Waals surface area (Å²) in [6, 6.07) is 12.7. The molecule has 1 atom stereocenters. The maximum atomic E-state index is 5.95. The van der Waals surface area contributed by atoms with Crippen molar-refractivity contribution in [3.8, 4) is 0 Å². The van der Waals surface area contributed by atoms with Gasteiger partial charge in [-0.3, -0.25) is 0 Å². The van der Waals surface area contributed by atoms with Gasteiger partial charge in [-0.15, -0.1) is 0 Å². The Labute approximate surface area is 97.3 Å². The summed E-state index contributed by atoms with van der Waals surface area (Å²) in [7, 11) is -0.528. The van der Waals surface area contributed by atoms with Gasteiger partial charge in [0.1, 0.15) is 9.68 Å². The number of hydrogen-bond acceptors (Lipinski definition) is 1. The molecule has 0 saturated heterocycles. The van der Waals surface area contributed by atoms with E-state index in [0.29, 0.717) is 5.54 Å². The molecule has 0 radical (unpaired) electrons. The fourth-order valence-electron chi connectivity index (χ4n) is 2.34. The average molecular weight is 226 g/mol. The quantitative estimate of drug-likeness (QED) is 0.773. The van der Waals surface area contributed by atoms with Crippen molar-refractivity contribution in [2.75, 3.05) is 0 Å². The molecule has 0 amide bonds. The van der Waals surface area contributed by atoms with Crippen LogP contribution in [0, 0.1) is 0 Å². The SMILES string of the molecule is N[SiH2]C1C=C(n2cccc2)c2ccccc21. The Balaban J connectivity index is 2.15. The second kappa shape index (κ2) is 3.77. The molecule has 1 heterocycles. The van der Waals surface area contributed by atoms with Crippen molar-refractivity contribution >= 4 is 15.4 Å². The summed E-state index contributed by atoms with van der Waals surface area (Å²) in [4.78, 5) is 0. The fourth-order valence-corrected chi connectivity index (χ4v) is 3.31. The Kier molecular flexibility index (Phi) is 2.27. The molecule has 16 heavy (non-hydrogen) atoms. The number of hydrogen-bond donors (Lipinski definition) is 1. The van der Waals surface area contributed by atoms with Gasteiger partial charge in [0.15, 0.2) is 0 Å². The summed E-state index contributed by atoms with van der Waals surface area (Å²) < 4.78 is 2.17. The minimum atomic E-state index is -0.528. The minimum Gasteiger partial charge on any atom is -0.355 e. The van der Waals surface area contributed by atoms with E-state index in [-0.39, 0.29) is 0 Å². The van der Waals surface area contributed by atoms with Gasteiger partial charge in [0, 0.05) is 29.2 Å². The van der Waals surface area contributed by atoms with Gasteiger partial charge in [-0.1, -0.05) is 30.3 Å². The van der Waals surface area contributed by atoms with Gasteiger partial charge in [-0.25, -0.2) is 0 Å². The molecule has 2 aromatic rings. The molecule has 1 aromatic heterocycles. The molecule has 2 N–H and O–H groups in total. The number of nitrogens with zero attached hydrogens (tertiary/aromatic N) is 1. The first-order chi connectivity index (χ1) is 7.90. The Morgan fingerprint density at radius 2 is 1.81 bits per heavy atom. The van der Waals surface area contributed by atoms with Crippen molar-refractivity contribution in [1.29, 1.82) is 0 Å². The van der Waals surface area contributed by atoms with Gasteiger partial charge in [0.25, 0.3) is 0 Å². The summed E-state index contributed by atoms with van der Waals surface area (Å²) in [5, 5.41) is 5.95. The zero-order valence-electron chi connectivity index (χ0n) is 9.01. The van der Waals surface area contributed by atoms with Gasteiger partial charge in [-0.05, 0) is 17.7 Å². The van der Waals surface area contributed by atoms with Crippen LogP contribution in [0.1, 0.15) is 16.7 Å². The van der Waals surface area contributed by atoms with Crippen LogP contribution in [0.4, 0.5) is 0 Å². The molecule has 0 saturated carbocycles. The van der Waals surface area contributed by atoms with Crippen molar-refractivity contribution in [2.45, 2.75) is 5.54 Å². The van der Waals surface area contributed by atoms with Gasteiger partial charge >= 0.3 is 0 Å². The van der Waals surface area contributed by atoms with Crippen LogP contribution in [-0.4, -0.2) is 14.2 Å². The Bertz CT molecular complexity index is 529. The van der Waals surface area contributed by atoms with Crippen molar-refractivity contribution < 1.29 is 0 Å². The number of fused-ring (bicyclic) bond motifs is 1. The Morgan fingerprint density at radius 3 is 2.56 bits per heavy atom. The number of aromatic nitrogens is 1. The third-order valence-electron chi connectivity index (χ3n) is 3.13. The maximum Gasteiger partial charge on any atom is 0.100 e. The molecule has 0 bridgehead atoms. The van der Waals surface area contributed by atoms with Crippen LogP contribution in [-0.2, 0) is 0 Å². The average Bonchev–Trinajstić information content (AvgIpc) is 2.95. The molecule has 0 aliphatic heterocycles. The van der Waals surface area contributed by atoms with E-state index in [1.54, 1.807) is 0 Å². The first-order valence-electron chi connectivity index (χ1n) is 5.54. The van der Waals surface area contributed by atoms with Gasteiger partial charge in [0.2, 0.25) is 0 Å². The highest BCUT2D eigenvalue weighted by Gasteiger charge is 2.22. The Hall–Kier alpha value is -1.58. The molecule has 3 rings (SSSR count). The van der Waals surface area contributed by atoms with Crippen LogP contribution in [0.2, 0.25) is 0 Å². The molecule has 0 spiro atoms. The molecule has 3 heteroatoms. The summed E-state index contributed by atoms with van der Waals surface area (Å²) in [6.07, 6.45) is 6.49. The molecular weight excluding hydrogens is 212 g/mol. The Morgan fingerprint density at radius 1 is 1.06 bits per heavy atom. The third kappa shape index (κ3) is 1.37. The second-order valence-corrected chi connectivity index (χ2v) is 5.42. The lowest BCUT2D eigenvalue weighted by Gasteiger charge is -2.07. The maximum absolute atomic E-state index is 5.95. The summed E-state index contributed by atoms with van der Waals surface area (Å²) >= 11 is 0. The van der Waals surface area contributed by atoms with Crippen LogP contribution in [0.25, 0.3) is 5.70 Å². The van der Waals surface area contributed by atoms with Crippen LogP contribution < -0.4 is 5.40 Å². The van der Waals surface area contributed by atoms with Crippen molar-refractivity contribution in [2.24, 2.45) is 5.40 Å². The van der Waals surface area contributed by atoms with E-state index in [2.05, 4.69) is 59.4 Å². The first kappa shape index (κ1) is 9.63. The van der Waals surface area contributed by atoms with E-state index in [1.165, 1.54) is 16.8 Å². The monoisotopic (exact) mass is 226 g/mol. The second-order valence-electron chi connectivity index (χ2n) is 4.07. The van der Waals surface area contributed by atoms with Gasteiger partial charge < -0.3 is 9.97 Å². The molecule has 80 valence electrons. The van der Waals surface area contributed by atoms with E-state index in [9.17, 15) is 0 Å². The van der Waals surface area contributed by atoms with Crippen LogP contribution in [0.15, 0.2) is 54.9 Å². The lowest BCUT2D eigenvalue weighted by atomic mass is 10.1. The number of allylic oxidation sites excluding steroid dienone is 1. The molecular formula is C13H14N2Si. The molecule has 1 aromatic carbocycles. The normalized spacial score (nSPS) is 19.1. The van der Waals surface area contributed by atoms with E-state index in [4.69, 9.17) is 5.40 Å². The summed E-state index contributed by atoms with van der Waals surface area (Å²) in [5.41, 5.74) is 4.51. The van der Waals surface area contributed by atoms with Crippen LogP contribution in [0.3, 0.4) is 0 Å². The van der Waals surface area contributed by atoms with E-state index >= 15 is 0 Å². The molecule has 1 aliphatic carbocycles. The van der Waals surface area contributed by atoms with Crippen LogP contribution in [0.5, 0.6) is 0 Å². The van der Waals surface area contributed by atoms with Gasteiger partial charge in [0.05, 0.1) is 0 Å². The van der Waals surface area contributed by atoms with Gasteiger partial charge in [-0.2, -0.15) is 0 Å². The zero-order valence-corrected chi connectivity index (χ0v) is 10.4. The lowest BCUT2D eigenvalue weighted by Crippen LogP contribution is -2.13. The number of benzene rings is 1. The van der Waals surface area contributed by atoms with Crippen molar-refractivity contribution in [1.82, 2.24) is 4.57 Å². The minimum absolute atomic E-state index is 0.494. The highest BCUT2D eigenvalue weighted by molar-refractivity contribution is 6.35. The predicted octanol–water partition coefficient (Wildman–Crippen LogP) is 1.47. The van der Waals surface area contributed by atoms with Crippen LogP contribution >= 0.6 is 0 Å². The van der Waals surface area contributed by atoms with E-state index in [1.807, 2.05) is 0 Å². The summed E-state index contributed by atoms with van der Waals surface area (Å²) in [6.45, 7) is 0. The summed E-state index contributed by atoms with van der Waals surface area (Å²) in [5.74, 6) is 0. The smallest absolute Gasteiger partial charge is 0.100 e. The third-order valence-corrected chi connectivity index (χ3v) is 4.32. The fraction of sp³-hybridized carbons (Fsp3) is 0.0769. The predicted molar refractivity (Wildman–Crippen MR) is 69.7 cm³/mol. The van der Waals surface area contributed by atoms with E-state index in [0.717, 1.165) is 0 Å². The number of rotatable bonds is 2. The number of nitrogens with two attached hydrogens (primary N) is 1. The standard InChI is InChI=1S/C13H14N2Si/c14-16-13-9-12(15-7-3-4-8-15)10-5-1-2-6-11(10)13/h1-9,13H,14,16H2.